The van der Waals surface area contributed by atoms with Crippen LogP contribution in [0.15, 0.2) is 18.3 Å². The van der Waals surface area contributed by atoms with E-state index in [0.717, 1.165) is 18.8 Å². The first-order valence-electron chi connectivity index (χ1n) is 6.58. The lowest BCUT2D eigenvalue weighted by atomic mass is 10.1. The molecule has 0 bridgehead atoms. The van der Waals surface area contributed by atoms with Gasteiger partial charge in [0.1, 0.15) is 6.10 Å². The van der Waals surface area contributed by atoms with Crippen LogP contribution in [0.5, 0.6) is 0 Å². The molecule has 0 amide bonds. The molecule has 4 nitrogen and oxygen atoms in total. The van der Waals surface area contributed by atoms with E-state index in [1.165, 1.54) is 5.56 Å². The van der Waals surface area contributed by atoms with Crippen molar-refractivity contribution in [3.05, 3.63) is 29.6 Å². The second-order valence-electron chi connectivity index (χ2n) is 5.10. The second-order valence-corrected chi connectivity index (χ2v) is 5.10. The maximum atomic E-state index is 5.72. The summed E-state index contributed by atoms with van der Waals surface area (Å²) >= 11 is 0. The highest BCUT2D eigenvalue weighted by molar-refractivity contribution is 5.19. The second kappa shape index (κ2) is 6.83. The Kier molecular flexibility index (Phi) is 5.11. The van der Waals surface area contributed by atoms with Crippen molar-refractivity contribution in [1.29, 1.82) is 0 Å². The van der Waals surface area contributed by atoms with E-state index in [2.05, 4.69) is 30.2 Å². The van der Waals surface area contributed by atoms with Crippen LogP contribution >= 0.6 is 0 Å². The van der Waals surface area contributed by atoms with Gasteiger partial charge in [0.15, 0.2) is 0 Å². The molecule has 0 radical (unpaired) electrons. The van der Waals surface area contributed by atoms with Crippen LogP contribution in [-0.2, 0) is 22.6 Å². The summed E-state index contributed by atoms with van der Waals surface area (Å²) < 4.78 is 10.8. The van der Waals surface area contributed by atoms with Gasteiger partial charge in [0.05, 0.1) is 25.5 Å². The highest BCUT2D eigenvalue weighted by atomic mass is 16.6. The van der Waals surface area contributed by atoms with Gasteiger partial charge < -0.3 is 14.8 Å². The van der Waals surface area contributed by atoms with E-state index in [4.69, 9.17) is 9.47 Å². The summed E-state index contributed by atoms with van der Waals surface area (Å²) in [5.41, 5.74) is 2.25. The molecule has 1 aliphatic heterocycles. The Hall–Kier alpha value is -0.970. The van der Waals surface area contributed by atoms with Crippen LogP contribution in [0.4, 0.5) is 0 Å². The van der Waals surface area contributed by atoms with E-state index in [-0.39, 0.29) is 6.10 Å². The molecule has 0 atom stereocenters. The molecule has 4 heteroatoms. The normalized spacial score (nSPS) is 15.9. The Bertz CT molecular complexity index is 365. The van der Waals surface area contributed by atoms with Crippen LogP contribution in [0.1, 0.15) is 25.1 Å². The minimum atomic E-state index is 0.253. The minimum Gasteiger partial charge on any atom is -0.376 e. The Balaban J connectivity index is 1.83. The summed E-state index contributed by atoms with van der Waals surface area (Å²) in [5, 5.41) is 3.44. The standard InChI is InChI=1S/C14H22N2O2/c1-11(2)6-15-7-12-4-3-5-16-14(12)10-18-13-8-17-9-13/h3-5,11,13,15H,6-10H2,1-2H3. The average molecular weight is 250 g/mol. The molecule has 100 valence electrons. The van der Waals surface area contributed by atoms with Crippen molar-refractivity contribution < 1.29 is 9.47 Å². The van der Waals surface area contributed by atoms with Crippen LogP contribution in [0.3, 0.4) is 0 Å². The quantitative estimate of drug-likeness (QED) is 0.800. The monoisotopic (exact) mass is 250 g/mol. The Morgan fingerprint density at radius 3 is 3.00 bits per heavy atom. The molecule has 1 aliphatic rings. The topological polar surface area (TPSA) is 43.4 Å². The van der Waals surface area contributed by atoms with Crippen LogP contribution in [0, 0.1) is 5.92 Å². The van der Waals surface area contributed by atoms with Gasteiger partial charge in [-0.25, -0.2) is 0 Å². The summed E-state index contributed by atoms with van der Waals surface area (Å²) in [7, 11) is 0. The lowest BCUT2D eigenvalue weighted by Gasteiger charge is -2.26. The molecule has 18 heavy (non-hydrogen) atoms. The summed E-state index contributed by atoms with van der Waals surface area (Å²) in [4.78, 5) is 4.40. The summed E-state index contributed by atoms with van der Waals surface area (Å²) in [5.74, 6) is 0.661. The maximum Gasteiger partial charge on any atom is 0.105 e. The number of nitrogens with zero attached hydrogens (tertiary/aromatic N) is 1. The molecular weight excluding hydrogens is 228 g/mol. The first-order chi connectivity index (χ1) is 8.75. The zero-order valence-electron chi connectivity index (χ0n) is 11.2. The fourth-order valence-electron chi connectivity index (χ4n) is 1.76. The molecule has 0 spiro atoms. The number of aromatic nitrogens is 1. The maximum absolute atomic E-state index is 5.72. The van der Waals surface area contributed by atoms with Crippen molar-refractivity contribution >= 4 is 0 Å². The van der Waals surface area contributed by atoms with Gasteiger partial charge in [0.2, 0.25) is 0 Å². The highest BCUT2D eigenvalue weighted by Gasteiger charge is 2.19. The number of ether oxygens (including phenoxy) is 2. The predicted molar refractivity (Wildman–Crippen MR) is 70.2 cm³/mol. The smallest absolute Gasteiger partial charge is 0.105 e. The van der Waals surface area contributed by atoms with E-state index in [0.29, 0.717) is 25.7 Å². The third-order valence-corrected chi connectivity index (χ3v) is 2.92. The molecule has 1 aromatic rings. The molecule has 2 heterocycles. The van der Waals surface area contributed by atoms with Gasteiger partial charge in [-0.05, 0) is 24.1 Å². The lowest BCUT2D eigenvalue weighted by molar-refractivity contribution is -0.136. The molecule has 0 aromatic carbocycles. The molecule has 2 rings (SSSR count). The molecule has 0 saturated carbocycles. The van der Waals surface area contributed by atoms with Gasteiger partial charge in [-0.2, -0.15) is 0 Å². The largest absolute Gasteiger partial charge is 0.376 e. The van der Waals surface area contributed by atoms with E-state index >= 15 is 0 Å². The summed E-state index contributed by atoms with van der Waals surface area (Å²) in [6.07, 6.45) is 2.07. The van der Waals surface area contributed by atoms with Crippen LogP contribution in [0.2, 0.25) is 0 Å². The van der Waals surface area contributed by atoms with Crippen LogP contribution < -0.4 is 5.32 Å². The predicted octanol–water partition coefficient (Wildman–Crippen LogP) is 1.74. The van der Waals surface area contributed by atoms with Crippen LogP contribution in [0.25, 0.3) is 0 Å². The van der Waals surface area contributed by atoms with E-state index < -0.39 is 0 Å². The third kappa shape index (κ3) is 4.05. The van der Waals surface area contributed by atoms with Crippen molar-refractivity contribution in [2.45, 2.75) is 33.1 Å². The third-order valence-electron chi connectivity index (χ3n) is 2.92. The van der Waals surface area contributed by atoms with Gasteiger partial charge in [-0.15, -0.1) is 0 Å². The lowest BCUT2D eigenvalue weighted by Crippen LogP contribution is -2.36. The Morgan fingerprint density at radius 2 is 2.33 bits per heavy atom. The highest BCUT2D eigenvalue weighted by Crippen LogP contribution is 2.11. The molecule has 1 saturated heterocycles. The molecule has 0 aliphatic carbocycles. The first kappa shape index (κ1) is 13.5. The fourth-order valence-corrected chi connectivity index (χ4v) is 1.76. The molecule has 0 unspecified atom stereocenters. The summed E-state index contributed by atoms with van der Waals surface area (Å²) in [6, 6.07) is 4.08. The minimum absolute atomic E-state index is 0.253. The molecule has 1 N–H and O–H groups in total. The van der Waals surface area contributed by atoms with Gasteiger partial charge in [-0.1, -0.05) is 19.9 Å². The average Bonchev–Trinajstić information content (AvgIpc) is 2.28. The van der Waals surface area contributed by atoms with E-state index in [9.17, 15) is 0 Å². The number of pyridine rings is 1. The number of hydrogen-bond acceptors (Lipinski definition) is 4. The zero-order valence-corrected chi connectivity index (χ0v) is 11.2. The number of nitrogens with one attached hydrogen (secondary N) is 1. The molecular formula is C14H22N2O2. The molecule has 1 fully saturated rings. The Labute approximate surface area is 109 Å². The van der Waals surface area contributed by atoms with Crippen LogP contribution in [-0.4, -0.2) is 30.8 Å². The van der Waals surface area contributed by atoms with Crippen molar-refractivity contribution in [1.82, 2.24) is 10.3 Å². The number of rotatable bonds is 7. The van der Waals surface area contributed by atoms with Crippen molar-refractivity contribution in [3.8, 4) is 0 Å². The van der Waals surface area contributed by atoms with Crippen molar-refractivity contribution in [2.75, 3.05) is 19.8 Å². The molecule has 1 aromatic heterocycles. The van der Waals surface area contributed by atoms with Crippen molar-refractivity contribution in [3.63, 3.8) is 0 Å². The first-order valence-corrected chi connectivity index (χ1v) is 6.58. The zero-order chi connectivity index (χ0) is 12.8. The Morgan fingerprint density at radius 1 is 1.50 bits per heavy atom. The van der Waals surface area contributed by atoms with E-state index in [1.807, 2.05) is 12.3 Å². The fraction of sp³-hybridized carbons (Fsp3) is 0.643. The van der Waals surface area contributed by atoms with Gasteiger partial charge in [0, 0.05) is 12.7 Å². The summed E-state index contributed by atoms with van der Waals surface area (Å²) in [6.45, 7) is 8.29. The van der Waals surface area contributed by atoms with Gasteiger partial charge in [-0.3, -0.25) is 4.98 Å². The van der Waals surface area contributed by atoms with Gasteiger partial charge >= 0.3 is 0 Å². The van der Waals surface area contributed by atoms with Gasteiger partial charge in [0.25, 0.3) is 0 Å². The van der Waals surface area contributed by atoms with Crippen molar-refractivity contribution in [2.24, 2.45) is 5.92 Å². The SMILES string of the molecule is CC(C)CNCc1cccnc1COC1COC1. The van der Waals surface area contributed by atoms with E-state index in [1.54, 1.807) is 0 Å². The number of hydrogen-bond donors (Lipinski definition) is 1.